The molecule has 0 radical (unpaired) electrons. The van der Waals surface area contributed by atoms with E-state index in [2.05, 4.69) is 11.4 Å². The average Bonchev–Trinajstić information content (AvgIpc) is 2.84. The van der Waals surface area contributed by atoms with E-state index in [0.29, 0.717) is 23.6 Å². The number of carbonyl (C=O) groups excluding carboxylic acids is 1. The van der Waals surface area contributed by atoms with E-state index < -0.39 is 5.41 Å². The highest BCUT2D eigenvalue weighted by atomic mass is 35.5. The second-order valence-electron chi connectivity index (χ2n) is 4.79. The molecule has 0 spiro atoms. The van der Waals surface area contributed by atoms with Gasteiger partial charge in [-0.3, -0.25) is 4.79 Å². The highest BCUT2D eigenvalue weighted by molar-refractivity contribution is 6.34. The Hall–Kier alpha value is -1.53. The molecule has 0 aliphatic heterocycles. The average molecular weight is 263 g/mol. The van der Waals surface area contributed by atoms with Crippen LogP contribution in [-0.2, 0) is 4.79 Å². The van der Waals surface area contributed by atoms with E-state index >= 15 is 0 Å². The molecule has 4 heteroatoms. The number of benzene rings is 1. The number of nitrogens with zero attached hydrogens (tertiary/aromatic N) is 1. The third kappa shape index (κ3) is 2.21. The van der Waals surface area contributed by atoms with Crippen molar-refractivity contribution in [1.29, 1.82) is 5.26 Å². The van der Waals surface area contributed by atoms with Crippen LogP contribution in [0, 0.1) is 23.7 Å². The lowest BCUT2D eigenvalue weighted by Crippen LogP contribution is -2.32. The first kappa shape index (κ1) is 12.9. The van der Waals surface area contributed by atoms with Gasteiger partial charge in [-0.1, -0.05) is 36.6 Å². The Morgan fingerprint density at radius 2 is 2.11 bits per heavy atom. The maximum atomic E-state index is 12.3. The van der Waals surface area contributed by atoms with Crippen molar-refractivity contribution in [2.75, 3.05) is 5.32 Å². The van der Waals surface area contributed by atoms with E-state index in [9.17, 15) is 10.1 Å². The molecule has 3 nitrogen and oxygen atoms in total. The molecule has 0 atom stereocenters. The Morgan fingerprint density at radius 3 is 2.67 bits per heavy atom. The Morgan fingerprint density at radius 1 is 1.44 bits per heavy atom. The number of amides is 1. The largest absolute Gasteiger partial charge is 0.323 e. The normalized spacial score (nSPS) is 17.2. The maximum absolute atomic E-state index is 12.3. The standard InChI is InChI=1S/C14H15ClN2O/c1-10-5-4-6-11(15)12(10)17-13(18)14(9-16)7-2-3-8-14/h4-6H,2-3,7-8H2,1H3,(H,17,18). The molecule has 1 saturated carbocycles. The third-order valence-corrected chi connectivity index (χ3v) is 3.88. The van der Waals surface area contributed by atoms with E-state index in [1.807, 2.05) is 19.1 Å². The first-order valence-electron chi connectivity index (χ1n) is 6.07. The van der Waals surface area contributed by atoms with E-state index in [0.717, 1.165) is 18.4 Å². The molecule has 18 heavy (non-hydrogen) atoms. The molecule has 1 aromatic carbocycles. The Labute approximate surface area is 112 Å². The Balaban J connectivity index is 2.24. The minimum absolute atomic E-state index is 0.223. The van der Waals surface area contributed by atoms with Crippen molar-refractivity contribution in [1.82, 2.24) is 0 Å². The third-order valence-electron chi connectivity index (χ3n) is 3.57. The molecule has 1 amide bonds. The van der Waals surface area contributed by atoms with Crippen molar-refractivity contribution < 1.29 is 4.79 Å². The van der Waals surface area contributed by atoms with Gasteiger partial charge in [-0.25, -0.2) is 0 Å². The van der Waals surface area contributed by atoms with Crippen LogP contribution in [0.15, 0.2) is 18.2 Å². The summed E-state index contributed by atoms with van der Waals surface area (Å²) in [5, 5.41) is 12.6. The summed E-state index contributed by atoms with van der Waals surface area (Å²) in [5.74, 6) is -0.223. The van der Waals surface area contributed by atoms with Gasteiger partial charge in [0.25, 0.3) is 0 Å². The SMILES string of the molecule is Cc1cccc(Cl)c1NC(=O)C1(C#N)CCCC1. The lowest BCUT2D eigenvalue weighted by Gasteiger charge is -2.20. The van der Waals surface area contributed by atoms with Crippen LogP contribution in [0.2, 0.25) is 5.02 Å². The van der Waals surface area contributed by atoms with Crippen LogP contribution >= 0.6 is 11.6 Å². The van der Waals surface area contributed by atoms with Crippen molar-refractivity contribution in [2.45, 2.75) is 32.6 Å². The fourth-order valence-electron chi connectivity index (χ4n) is 2.39. The molecule has 0 aromatic heterocycles. The second kappa shape index (κ2) is 4.99. The summed E-state index contributed by atoms with van der Waals surface area (Å²) in [6.07, 6.45) is 3.14. The number of halogens is 1. The van der Waals surface area contributed by atoms with Gasteiger partial charge in [-0.15, -0.1) is 0 Å². The van der Waals surface area contributed by atoms with Crippen molar-refractivity contribution in [3.8, 4) is 6.07 Å². The first-order chi connectivity index (χ1) is 8.59. The van der Waals surface area contributed by atoms with Crippen molar-refractivity contribution in [3.05, 3.63) is 28.8 Å². The summed E-state index contributed by atoms with van der Waals surface area (Å²) in [4.78, 5) is 12.3. The zero-order chi connectivity index (χ0) is 13.2. The molecule has 1 N–H and O–H groups in total. The van der Waals surface area contributed by atoms with Crippen LogP contribution in [0.1, 0.15) is 31.2 Å². The molecule has 0 heterocycles. The zero-order valence-corrected chi connectivity index (χ0v) is 11.0. The van der Waals surface area contributed by atoms with Crippen LogP contribution in [0.25, 0.3) is 0 Å². The van der Waals surface area contributed by atoms with Crippen LogP contribution < -0.4 is 5.32 Å². The lowest BCUT2D eigenvalue weighted by atomic mass is 9.87. The summed E-state index contributed by atoms with van der Waals surface area (Å²) < 4.78 is 0. The molecule has 1 fully saturated rings. The van der Waals surface area contributed by atoms with E-state index in [1.54, 1.807) is 6.07 Å². The van der Waals surface area contributed by atoms with Gasteiger partial charge >= 0.3 is 0 Å². The summed E-state index contributed by atoms with van der Waals surface area (Å²) in [7, 11) is 0. The Bertz CT molecular complexity index is 493. The maximum Gasteiger partial charge on any atom is 0.244 e. The predicted molar refractivity (Wildman–Crippen MR) is 71.3 cm³/mol. The van der Waals surface area contributed by atoms with Gasteiger partial charge in [-0.2, -0.15) is 5.26 Å². The molecular formula is C14H15ClN2O. The number of aryl methyl sites for hydroxylation is 1. The van der Waals surface area contributed by atoms with Crippen molar-refractivity contribution >= 4 is 23.2 Å². The first-order valence-corrected chi connectivity index (χ1v) is 6.45. The quantitative estimate of drug-likeness (QED) is 0.884. The van der Waals surface area contributed by atoms with Gasteiger partial charge < -0.3 is 5.32 Å². The van der Waals surface area contributed by atoms with Crippen LogP contribution in [0.3, 0.4) is 0 Å². The van der Waals surface area contributed by atoms with Crippen LogP contribution in [0.5, 0.6) is 0 Å². The summed E-state index contributed by atoms with van der Waals surface area (Å²) >= 11 is 6.07. The molecule has 94 valence electrons. The number of rotatable bonds is 2. The number of para-hydroxylation sites is 1. The highest BCUT2D eigenvalue weighted by Crippen LogP contribution is 2.39. The van der Waals surface area contributed by atoms with Gasteiger partial charge in [0.2, 0.25) is 5.91 Å². The second-order valence-corrected chi connectivity index (χ2v) is 5.19. The van der Waals surface area contributed by atoms with Crippen molar-refractivity contribution in [3.63, 3.8) is 0 Å². The number of hydrogen-bond donors (Lipinski definition) is 1. The highest BCUT2D eigenvalue weighted by Gasteiger charge is 2.41. The molecule has 1 aromatic rings. The van der Waals surface area contributed by atoms with E-state index in [1.165, 1.54) is 0 Å². The molecule has 0 unspecified atom stereocenters. The summed E-state index contributed by atoms with van der Waals surface area (Å²) in [5.41, 5.74) is 0.652. The summed E-state index contributed by atoms with van der Waals surface area (Å²) in [6, 6.07) is 7.64. The fraction of sp³-hybridized carbons (Fsp3) is 0.429. The van der Waals surface area contributed by atoms with Gasteiger partial charge in [0.15, 0.2) is 0 Å². The number of anilines is 1. The number of hydrogen-bond acceptors (Lipinski definition) is 2. The van der Waals surface area contributed by atoms with Crippen LogP contribution in [-0.4, -0.2) is 5.91 Å². The van der Waals surface area contributed by atoms with E-state index in [4.69, 9.17) is 11.6 Å². The lowest BCUT2D eigenvalue weighted by molar-refractivity contribution is -0.122. The predicted octanol–water partition coefficient (Wildman–Crippen LogP) is 3.67. The molecule has 2 rings (SSSR count). The molecule has 1 aliphatic carbocycles. The number of nitriles is 1. The zero-order valence-electron chi connectivity index (χ0n) is 10.3. The number of nitrogens with one attached hydrogen (secondary N) is 1. The Kier molecular flexibility index (Phi) is 3.58. The van der Waals surface area contributed by atoms with Crippen LogP contribution in [0.4, 0.5) is 5.69 Å². The molecule has 1 aliphatic rings. The van der Waals surface area contributed by atoms with Gasteiger partial charge in [-0.05, 0) is 31.4 Å². The van der Waals surface area contributed by atoms with Gasteiger partial charge in [0.1, 0.15) is 5.41 Å². The van der Waals surface area contributed by atoms with E-state index in [-0.39, 0.29) is 5.91 Å². The summed E-state index contributed by atoms with van der Waals surface area (Å²) in [6.45, 7) is 1.88. The molecule has 0 bridgehead atoms. The van der Waals surface area contributed by atoms with Gasteiger partial charge in [0.05, 0.1) is 16.8 Å². The minimum Gasteiger partial charge on any atom is -0.323 e. The van der Waals surface area contributed by atoms with Gasteiger partial charge in [0, 0.05) is 0 Å². The topological polar surface area (TPSA) is 52.9 Å². The van der Waals surface area contributed by atoms with Crippen molar-refractivity contribution in [2.24, 2.45) is 5.41 Å². The molecule has 0 saturated heterocycles. The fourth-order valence-corrected chi connectivity index (χ4v) is 2.66. The molecular weight excluding hydrogens is 248 g/mol. The minimum atomic E-state index is -0.869. The smallest absolute Gasteiger partial charge is 0.244 e. The number of carbonyl (C=O) groups is 1. The monoisotopic (exact) mass is 262 g/mol.